The molecule has 0 atom stereocenters. The van der Waals surface area contributed by atoms with Crippen LogP contribution in [0.25, 0.3) is 0 Å². The number of amides is 1. The van der Waals surface area contributed by atoms with Crippen LogP contribution in [0.15, 0.2) is 42.5 Å². The van der Waals surface area contributed by atoms with Crippen molar-refractivity contribution in [2.75, 3.05) is 27.3 Å². The van der Waals surface area contributed by atoms with Gasteiger partial charge in [-0.15, -0.1) is 0 Å². The first-order valence-electron chi connectivity index (χ1n) is 8.84. The predicted octanol–water partition coefficient (Wildman–Crippen LogP) is 3.70. The molecule has 0 aliphatic carbocycles. The molecule has 0 spiro atoms. The second-order valence-electron chi connectivity index (χ2n) is 6.52. The van der Waals surface area contributed by atoms with Crippen LogP contribution in [-0.2, 0) is 0 Å². The first-order valence-corrected chi connectivity index (χ1v) is 8.84. The van der Waals surface area contributed by atoms with E-state index >= 15 is 0 Å². The number of carbonyl (C=O) groups is 1. The molecule has 138 valence electrons. The van der Waals surface area contributed by atoms with Gasteiger partial charge in [-0.05, 0) is 31.2 Å². The van der Waals surface area contributed by atoms with E-state index in [2.05, 4.69) is 6.92 Å². The second kappa shape index (κ2) is 8.13. The smallest absolute Gasteiger partial charge is 0.254 e. The normalized spacial score (nSPS) is 14.8. The van der Waals surface area contributed by atoms with E-state index in [0.29, 0.717) is 30.2 Å². The van der Waals surface area contributed by atoms with Gasteiger partial charge < -0.3 is 19.1 Å². The Kier molecular flexibility index (Phi) is 5.66. The standard InChI is InChI=1S/C21H25NO4/c1-15-4-6-17(7-5-15)26-18-8-10-22(11-9-18)21(23)16-12-19(24-2)14-20(13-16)25-3/h4-7,12-14,18H,8-11H2,1-3H3. The lowest BCUT2D eigenvalue weighted by Gasteiger charge is -2.32. The largest absolute Gasteiger partial charge is 0.497 e. The first kappa shape index (κ1) is 18.1. The molecule has 26 heavy (non-hydrogen) atoms. The highest BCUT2D eigenvalue weighted by Crippen LogP contribution is 2.25. The number of likely N-dealkylation sites (tertiary alicyclic amines) is 1. The monoisotopic (exact) mass is 355 g/mol. The Labute approximate surface area is 154 Å². The van der Waals surface area contributed by atoms with E-state index in [9.17, 15) is 4.79 Å². The van der Waals surface area contributed by atoms with Crippen LogP contribution in [0.5, 0.6) is 17.2 Å². The van der Waals surface area contributed by atoms with Gasteiger partial charge in [0.25, 0.3) is 5.91 Å². The maximum absolute atomic E-state index is 12.8. The molecule has 5 heteroatoms. The number of methoxy groups -OCH3 is 2. The molecule has 1 amide bonds. The third-order valence-electron chi connectivity index (χ3n) is 4.65. The van der Waals surface area contributed by atoms with Crippen molar-refractivity contribution in [3.63, 3.8) is 0 Å². The number of aryl methyl sites for hydroxylation is 1. The molecule has 5 nitrogen and oxygen atoms in total. The Morgan fingerprint density at radius 3 is 2.04 bits per heavy atom. The topological polar surface area (TPSA) is 48.0 Å². The SMILES string of the molecule is COc1cc(OC)cc(C(=O)N2CCC(Oc3ccc(C)cc3)CC2)c1. The van der Waals surface area contributed by atoms with Crippen LogP contribution < -0.4 is 14.2 Å². The van der Waals surface area contributed by atoms with E-state index in [1.807, 2.05) is 29.2 Å². The Bertz CT molecular complexity index is 727. The van der Waals surface area contributed by atoms with Crippen molar-refractivity contribution in [1.29, 1.82) is 0 Å². The molecule has 0 aromatic heterocycles. The predicted molar refractivity (Wildman–Crippen MR) is 100 cm³/mol. The lowest BCUT2D eigenvalue weighted by molar-refractivity contribution is 0.0595. The van der Waals surface area contributed by atoms with E-state index in [1.165, 1.54) is 5.56 Å². The summed E-state index contributed by atoms with van der Waals surface area (Å²) in [7, 11) is 3.16. The minimum Gasteiger partial charge on any atom is -0.497 e. The van der Waals surface area contributed by atoms with E-state index in [4.69, 9.17) is 14.2 Å². The van der Waals surface area contributed by atoms with E-state index in [0.717, 1.165) is 18.6 Å². The number of carbonyl (C=O) groups excluding carboxylic acids is 1. The number of rotatable bonds is 5. The number of nitrogens with zero attached hydrogens (tertiary/aromatic N) is 1. The van der Waals surface area contributed by atoms with Crippen molar-refractivity contribution in [3.05, 3.63) is 53.6 Å². The summed E-state index contributed by atoms with van der Waals surface area (Å²) in [5.41, 5.74) is 1.80. The fraction of sp³-hybridized carbons (Fsp3) is 0.381. The van der Waals surface area contributed by atoms with Crippen molar-refractivity contribution in [2.45, 2.75) is 25.9 Å². The Morgan fingerprint density at radius 1 is 0.923 bits per heavy atom. The van der Waals surface area contributed by atoms with Gasteiger partial charge in [0.2, 0.25) is 0 Å². The molecule has 2 aromatic rings. The van der Waals surface area contributed by atoms with Gasteiger partial charge in [-0.1, -0.05) is 17.7 Å². The average molecular weight is 355 g/mol. The number of ether oxygens (including phenoxy) is 3. The third-order valence-corrected chi connectivity index (χ3v) is 4.65. The van der Waals surface area contributed by atoms with Crippen LogP contribution in [0.3, 0.4) is 0 Å². The van der Waals surface area contributed by atoms with Gasteiger partial charge in [-0.25, -0.2) is 0 Å². The summed E-state index contributed by atoms with van der Waals surface area (Å²) < 4.78 is 16.6. The van der Waals surface area contributed by atoms with Gasteiger partial charge in [0.15, 0.2) is 0 Å². The van der Waals surface area contributed by atoms with Gasteiger partial charge in [0, 0.05) is 37.6 Å². The zero-order valence-corrected chi connectivity index (χ0v) is 15.5. The van der Waals surface area contributed by atoms with E-state index in [-0.39, 0.29) is 12.0 Å². The highest BCUT2D eigenvalue weighted by atomic mass is 16.5. The molecule has 0 N–H and O–H groups in total. The van der Waals surface area contributed by atoms with Crippen molar-refractivity contribution in [3.8, 4) is 17.2 Å². The molecule has 1 aliphatic heterocycles. The maximum atomic E-state index is 12.8. The summed E-state index contributed by atoms with van der Waals surface area (Å²) in [6, 6.07) is 13.3. The average Bonchev–Trinajstić information content (AvgIpc) is 2.69. The molecule has 3 rings (SSSR count). The lowest BCUT2D eigenvalue weighted by atomic mass is 10.1. The molecule has 1 heterocycles. The van der Waals surface area contributed by atoms with Crippen molar-refractivity contribution < 1.29 is 19.0 Å². The van der Waals surface area contributed by atoms with Gasteiger partial charge >= 0.3 is 0 Å². The Morgan fingerprint density at radius 2 is 1.50 bits per heavy atom. The van der Waals surface area contributed by atoms with Crippen LogP contribution in [0, 0.1) is 6.92 Å². The van der Waals surface area contributed by atoms with Crippen LogP contribution in [0.4, 0.5) is 0 Å². The molecule has 0 radical (unpaired) electrons. The lowest BCUT2D eigenvalue weighted by Crippen LogP contribution is -2.41. The van der Waals surface area contributed by atoms with Crippen LogP contribution in [0.1, 0.15) is 28.8 Å². The highest BCUT2D eigenvalue weighted by Gasteiger charge is 2.25. The Balaban J connectivity index is 1.60. The fourth-order valence-electron chi connectivity index (χ4n) is 3.10. The van der Waals surface area contributed by atoms with Gasteiger partial charge in [0.05, 0.1) is 14.2 Å². The van der Waals surface area contributed by atoms with Crippen molar-refractivity contribution in [1.82, 2.24) is 4.90 Å². The zero-order chi connectivity index (χ0) is 18.5. The minimum atomic E-state index is -0.00372. The maximum Gasteiger partial charge on any atom is 0.254 e. The van der Waals surface area contributed by atoms with Crippen molar-refractivity contribution >= 4 is 5.91 Å². The molecule has 0 bridgehead atoms. The van der Waals surface area contributed by atoms with Gasteiger partial charge in [-0.3, -0.25) is 4.79 Å². The van der Waals surface area contributed by atoms with E-state index in [1.54, 1.807) is 32.4 Å². The molecule has 0 unspecified atom stereocenters. The summed E-state index contributed by atoms with van der Waals surface area (Å²) >= 11 is 0. The van der Waals surface area contributed by atoms with Gasteiger partial charge in [-0.2, -0.15) is 0 Å². The number of benzene rings is 2. The number of piperidine rings is 1. The second-order valence-corrected chi connectivity index (χ2v) is 6.52. The molecule has 1 aliphatic rings. The van der Waals surface area contributed by atoms with E-state index < -0.39 is 0 Å². The molecule has 0 saturated carbocycles. The quantitative estimate of drug-likeness (QED) is 0.821. The summed E-state index contributed by atoms with van der Waals surface area (Å²) in [6.45, 7) is 3.41. The number of hydrogen-bond acceptors (Lipinski definition) is 4. The summed E-state index contributed by atoms with van der Waals surface area (Å²) in [4.78, 5) is 14.7. The Hall–Kier alpha value is -2.69. The van der Waals surface area contributed by atoms with Crippen LogP contribution >= 0.6 is 0 Å². The molecular formula is C21H25NO4. The number of hydrogen-bond donors (Lipinski definition) is 0. The van der Waals surface area contributed by atoms with Crippen LogP contribution in [-0.4, -0.2) is 44.2 Å². The molecule has 2 aromatic carbocycles. The molecule has 1 saturated heterocycles. The summed E-state index contributed by atoms with van der Waals surface area (Å²) in [5, 5.41) is 0. The highest BCUT2D eigenvalue weighted by molar-refractivity contribution is 5.95. The van der Waals surface area contributed by atoms with Crippen LogP contribution in [0.2, 0.25) is 0 Å². The fourth-order valence-corrected chi connectivity index (χ4v) is 3.10. The molecular weight excluding hydrogens is 330 g/mol. The first-order chi connectivity index (χ1) is 12.6. The zero-order valence-electron chi connectivity index (χ0n) is 15.5. The van der Waals surface area contributed by atoms with Crippen molar-refractivity contribution in [2.24, 2.45) is 0 Å². The minimum absolute atomic E-state index is 0.00372. The summed E-state index contributed by atoms with van der Waals surface area (Å²) in [6.07, 6.45) is 1.78. The summed E-state index contributed by atoms with van der Waals surface area (Å²) in [5.74, 6) is 2.12. The third kappa shape index (κ3) is 4.28. The molecule has 1 fully saturated rings. The van der Waals surface area contributed by atoms with Gasteiger partial charge in [0.1, 0.15) is 23.4 Å².